The zero-order valence-corrected chi connectivity index (χ0v) is 15.1. The summed E-state index contributed by atoms with van der Waals surface area (Å²) in [5, 5.41) is 4.37. The lowest BCUT2D eigenvalue weighted by Gasteiger charge is -2.08. The van der Waals surface area contributed by atoms with E-state index in [9.17, 15) is 22.8 Å². The number of aromatic nitrogens is 6. The molecule has 1 saturated carbocycles. The van der Waals surface area contributed by atoms with E-state index in [1.165, 1.54) is 16.8 Å². The molecule has 30 heavy (non-hydrogen) atoms. The molecule has 8 nitrogen and oxygen atoms in total. The first-order valence-corrected chi connectivity index (χ1v) is 9.01. The molecule has 5 rings (SSSR count). The monoisotopic (exact) mass is 414 g/mol. The van der Waals surface area contributed by atoms with E-state index in [0.717, 1.165) is 17.8 Å². The number of rotatable bonds is 3. The topological polar surface area (TPSA) is 109 Å². The quantitative estimate of drug-likeness (QED) is 0.535. The molecule has 2 atom stereocenters. The van der Waals surface area contributed by atoms with E-state index in [1.54, 1.807) is 18.5 Å². The summed E-state index contributed by atoms with van der Waals surface area (Å²) in [5.41, 5.74) is 0.522. The van der Waals surface area contributed by atoms with Gasteiger partial charge < -0.3 is 4.98 Å². The molecule has 4 aromatic heterocycles. The SMILES string of the molecule is O=c1[nH]cc(-c2cc(C3C[C@H]3c3ccc(C(F)(F)F)cn3)c3nccn3n2)c(=O)[nH]1. The van der Waals surface area contributed by atoms with E-state index in [-0.39, 0.29) is 17.4 Å². The Morgan fingerprint density at radius 2 is 1.97 bits per heavy atom. The van der Waals surface area contributed by atoms with E-state index in [4.69, 9.17) is 0 Å². The lowest BCUT2D eigenvalue weighted by atomic mass is 10.1. The van der Waals surface area contributed by atoms with Crippen molar-refractivity contribution in [2.45, 2.75) is 24.4 Å². The van der Waals surface area contributed by atoms with E-state index in [2.05, 4.69) is 25.0 Å². The van der Waals surface area contributed by atoms with Gasteiger partial charge in [-0.15, -0.1) is 0 Å². The van der Waals surface area contributed by atoms with E-state index >= 15 is 0 Å². The van der Waals surface area contributed by atoms with Crippen molar-refractivity contribution in [3.63, 3.8) is 0 Å². The van der Waals surface area contributed by atoms with Gasteiger partial charge in [-0.1, -0.05) is 0 Å². The van der Waals surface area contributed by atoms with Gasteiger partial charge >= 0.3 is 11.9 Å². The van der Waals surface area contributed by atoms with Crippen LogP contribution in [-0.4, -0.2) is 29.5 Å². The van der Waals surface area contributed by atoms with E-state index < -0.39 is 23.0 Å². The molecule has 2 N–H and O–H groups in total. The van der Waals surface area contributed by atoms with Gasteiger partial charge in [-0.25, -0.2) is 14.3 Å². The average molecular weight is 414 g/mol. The maximum absolute atomic E-state index is 12.8. The Balaban J connectivity index is 1.53. The lowest BCUT2D eigenvalue weighted by molar-refractivity contribution is -0.137. The fraction of sp³-hybridized carbons (Fsp3) is 0.211. The number of alkyl halides is 3. The first-order chi connectivity index (χ1) is 14.3. The molecule has 1 unspecified atom stereocenters. The third kappa shape index (κ3) is 3.08. The molecule has 0 saturated heterocycles. The molecular formula is C19H13F3N6O2. The van der Waals surface area contributed by atoms with Crippen LogP contribution in [0.5, 0.6) is 0 Å². The van der Waals surface area contributed by atoms with E-state index in [0.29, 0.717) is 23.5 Å². The highest BCUT2D eigenvalue weighted by atomic mass is 19.4. The first-order valence-electron chi connectivity index (χ1n) is 9.01. The van der Waals surface area contributed by atoms with Gasteiger partial charge in [-0.05, 0) is 30.5 Å². The number of aromatic amines is 2. The first kappa shape index (κ1) is 18.3. The summed E-state index contributed by atoms with van der Waals surface area (Å²) in [6, 6.07) is 4.14. The smallest absolute Gasteiger partial charge is 0.313 e. The van der Waals surface area contributed by atoms with Gasteiger partial charge in [0.05, 0.1) is 16.8 Å². The van der Waals surface area contributed by atoms with Crippen LogP contribution < -0.4 is 11.2 Å². The largest absolute Gasteiger partial charge is 0.417 e. The zero-order chi connectivity index (χ0) is 21.0. The number of H-pyrrole nitrogens is 2. The number of imidazole rings is 1. The van der Waals surface area contributed by atoms with Crippen LogP contribution in [0.4, 0.5) is 13.2 Å². The minimum absolute atomic E-state index is 0.0253. The van der Waals surface area contributed by atoms with Crippen LogP contribution in [0.3, 0.4) is 0 Å². The summed E-state index contributed by atoms with van der Waals surface area (Å²) in [4.78, 5) is 36.4. The molecule has 1 aliphatic rings. The highest BCUT2D eigenvalue weighted by molar-refractivity contribution is 5.63. The number of hydrogen-bond acceptors (Lipinski definition) is 5. The fourth-order valence-electron chi connectivity index (χ4n) is 3.60. The Morgan fingerprint density at radius 1 is 1.13 bits per heavy atom. The third-order valence-electron chi connectivity index (χ3n) is 5.17. The van der Waals surface area contributed by atoms with Crippen LogP contribution in [0.15, 0.2) is 52.6 Å². The van der Waals surface area contributed by atoms with Crippen LogP contribution >= 0.6 is 0 Å². The molecule has 4 aromatic rings. The zero-order valence-electron chi connectivity index (χ0n) is 15.1. The van der Waals surface area contributed by atoms with Crippen LogP contribution in [0, 0.1) is 0 Å². The second-order valence-corrected chi connectivity index (χ2v) is 7.08. The van der Waals surface area contributed by atoms with Gasteiger partial charge in [0.1, 0.15) is 0 Å². The highest BCUT2D eigenvalue weighted by Gasteiger charge is 2.43. The molecule has 152 valence electrons. The number of fused-ring (bicyclic) bond motifs is 1. The molecule has 0 aromatic carbocycles. The van der Waals surface area contributed by atoms with Gasteiger partial charge in [-0.2, -0.15) is 18.3 Å². The Bertz CT molecular complexity index is 1370. The van der Waals surface area contributed by atoms with Crippen LogP contribution in [0.2, 0.25) is 0 Å². The minimum Gasteiger partial charge on any atom is -0.313 e. The normalized spacial score (nSPS) is 18.6. The Labute approximate surface area is 165 Å². The second-order valence-electron chi connectivity index (χ2n) is 7.08. The summed E-state index contributed by atoms with van der Waals surface area (Å²) >= 11 is 0. The maximum atomic E-state index is 12.8. The van der Waals surface area contributed by atoms with Crippen molar-refractivity contribution in [1.82, 2.24) is 29.5 Å². The molecule has 0 bridgehead atoms. The minimum atomic E-state index is -4.43. The number of pyridine rings is 1. The Morgan fingerprint density at radius 3 is 2.67 bits per heavy atom. The van der Waals surface area contributed by atoms with Crippen molar-refractivity contribution in [1.29, 1.82) is 0 Å². The summed E-state index contributed by atoms with van der Waals surface area (Å²) < 4.78 is 39.8. The van der Waals surface area contributed by atoms with Crippen molar-refractivity contribution in [3.05, 3.63) is 80.6 Å². The lowest BCUT2D eigenvalue weighted by Crippen LogP contribution is -2.23. The highest BCUT2D eigenvalue weighted by Crippen LogP contribution is 2.55. The molecule has 0 radical (unpaired) electrons. The fourth-order valence-corrected chi connectivity index (χ4v) is 3.60. The molecular weight excluding hydrogens is 401 g/mol. The summed E-state index contributed by atoms with van der Waals surface area (Å²) in [5.74, 6) is -0.0837. The van der Waals surface area contributed by atoms with Gasteiger partial charge in [0, 0.05) is 42.0 Å². The molecule has 0 aliphatic heterocycles. The summed E-state index contributed by atoms with van der Waals surface area (Å²) in [6.07, 6.45) is 1.59. The number of nitrogens with zero attached hydrogens (tertiary/aromatic N) is 4. The molecule has 1 fully saturated rings. The standard InChI is InChI=1S/C19H13F3N6O2/c20-19(21,22)9-1-2-14(24-7-9)11-5-10(11)12-6-15(27-28-4-3-23-16(12)28)13-8-25-18(30)26-17(13)29/h1-4,6-8,10-11H,5H2,(H2,25,26,29,30)/t10?,11-/m1/s1. The number of hydrogen-bond donors (Lipinski definition) is 2. The molecule has 4 heterocycles. The Hall–Kier alpha value is -3.76. The number of halogens is 3. The number of nitrogens with one attached hydrogen (secondary N) is 2. The molecule has 1 aliphatic carbocycles. The van der Waals surface area contributed by atoms with Gasteiger partial charge in [0.25, 0.3) is 5.56 Å². The predicted molar refractivity (Wildman–Crippen MR) is 99.0 cm³/mol. The van der Waals surface area contributed by atoms with E-state index in [1.807, 2.05) is 0 Å². The predicted octanol–water partition coefficient (Wildman–Crippen LogP) is 2.46. The Kier molecular flexibility index (Phi) is 3.88. The molecule has 0 spiro atoms. The van der Waals surface area contributed by atoms with Gasteiger partial charge in [0.2, 0.25) is 0 Å². The second kappa shape index (κ2) is 6.37. The van der Waals surface area contributed by atoms with Crippen molar-refractivity contribution in [2.75, 3.05) is 0 Å². The maximum Gasteiger partial charge on any atom is 0.417 e. The average Bonchev–Trinajstić information content (AvgIpc) is 3.35. The van der Waals surface area contributed by atoms with Crippen molar-refractivity contribution >= 4 is 5.65 Å². The van der Waals surface area contributed by atoms with Crippen molar-refractivity contribution in [2.24, 2.45) is 0 Å². The molecule has 11 heteroatoms. The van der Waals surface area contributed by atoms with Gasteiger partial charge in [0.15, 0.2) is 5.65 Å². The van der Waals surface area contributed by atoms with Gasteiger partial charge in [-0.3, -0.25) is 14.8 Å². The molecule has 0 amide bonds. The summed E-state index contributed by atoms with van der Waals surface area (Å²) in [7, 11) is 0. The van der Waals surface area contributed by atoms with Crippen molar-refractivity contribution < 1.29 is 13.2 Å². The third-order valence-corrected chi connectivity index (χ3v) is 5.17. The summed E-state index contributed by atoms with van der Waals surface area (Å²) in [6.45, 7) is 0. The van der Waals surface area contributed by atoms with Crippen molar-refractivity contribution in [3.8, 4) is 11.3 Å². The van der Waals surface area contributed by atoms with Crippen LogP contribution in [0.1, 0.15) is 35.1 Å². The van der Waals surface area contributed by atoms with Crippen LogP contribution in [-0.2, 0) is 6.18 Å². The van der Waals surface area contributed by atoms with Crippen LogP contribution in [0.25, 0.3) is 16.9 Å².